The number of hydrogen-bond donors (Lipinski definition) is 3. The molecule has 210 valence electrons. The maximum absolute atomic E-state index is 12.7. The molecule has 1 fully saturated rings. The number of hydrogen-bond acceptors (Lipinski definition) is 5. The molecule has 1 aliphatic rings. The summed E-state index contributed by atoms with van der Waals surface area (Å²) in [6.45, 7) is 3.94. The molecular weight excluding hydrogens is 488 g/mol. The number of carbonyl (C=O) groups excluding carboxylic acids is 1. The van der Waals surface area contributed by atoms with Gasteiger partial charge in [-0.3, -0.25) is 9.36 Å². The van der Waals surface area contributed by atoms with Crippen molar-refractivity contribution in [2.45, 2.75) is 96.8 Å². The summed E-state index contributed by atoms with van der Waals surface area (Å²) < 4.78 is 1.68. The molecule has 7 nitrogen and oxygen atoms in total. The van der Waals surface area contributed by atoms with Crippen LogP contribution in [0.3, 0.4) is 0 Å². The van der Waals surface area contributed by atoms with Crippen LogP contribution in [0.15, 0.2) is 36.4 Å². The largest absolute Gasteiger partial charge is 0.508 e. The van der Waals surface area contributed by atoms with Gasteiger partial charge in [-0.25, -0.2) is 0 Å². The zero-order valence-electron chi connectivity index (χ0n) is 23.7. The van der Waals surface area contributed by atoms with E-state index >= 15 is 0 Å². The molecule has 0 bridgehead atoms. The molecule has 1 amide bonds. The van der Waals surface area contributed by atoms with Crippen molar-refractivity contribution >= 4 is 5.91 Å². The van der Waals surface area contributed by atoms with E-state index in [9.17, 15) is 15.0 Å². The van der Waals surface area contributed by atoms with E-state index in [-0.39, 0.29) is 29.1 Å². The lowest BCUT2D eigenvalue weighted by atomic mass is 9.88. The quantitative estimate of drug-likeness (QED) is 0.309. The number of nitrogens with one attached hydrogen (secondary N) is 1. The highest BCUT2D eigenvalue weighted by atomic mass is 16.3. The lowest BCUT2D eigenvalue weighted by Crippen LogP contribution is -2.22. The Morgan fingerprint density at radius 3 is 2.05 bits per heavy atom. The summed E-state index contributed by atoms with van der Waals surface area (Å²) in [4.78, 5) is 12.7. The highest BCUT2D eigenvalue weighted by Gasteiger charge is 2.24. The zero-order chi connectivity index (χ0) is 27.8. The lowest BCUT2D eigenvalue weighted by molar-refractivity contribution is 0.0950. The average molecular weight is 533 g/mol. The molecule has 0 radical (unpaired) electrons. The van der Waals surface area contributed by atoms with Crippen LogP contribution < -0.4 is 5.32 Å². The molecule has 0 spiro atoms. The van der Waals surface area contributed by atoms with Gasteiger partial charge in [-0.1, -0.05) is 96.6 Å². The van der Waals surface area contributed by atoms with Crippen LogP contribution in [0, 0.1) is 5.92 Å². The van der Waals surface area contributed by atoms with Crippen LogP contribution >= 0.6 is 0 Å². The molecular formula is C32H44N4O3. The third-order valence-electron chi connectivity index (χ3n) is 8.04. The Bertz CT molecular complexity index is 1220. The van der Waals surface area contributed by atoms with Gasteiger partial charge in [0.25, 0.3) is 5.91 Å². The molecule has 3 N–H and O–H groups in total. The molecule has 1 aromatic heterocycles. The van der Waals surface area contributed by atoms with E-state index in [0.29, 0.717) is 22.9 Å². The number of benzene rings is 2. The molecule has 1 heterocycles. The summed E-state index contributed by atoms with van der Waals surface area (Å²) >= 11 is 0. The minimum Gasteiger partial charge on any atom is -0.508 e. The van der Waals surface area contributed by atoms with Crippen molar-refractivity contribution < 1.29 is 15.0 Å². The van der Waals surface area contributed by atoms with E-state index in [2.05, 4.69) is 27.6 Å². The number of aromatic hydroxyl groups is 2. The fraction of sp³-hybridized carbons (Fsp3) is 0.531. The molecule has 4 rings (SSSR count). The number of phenolic OH excluding ortho intramolecular Hbond substituents is 2. The van der Waals surface area contributed by atoms with Gasteiger partial charge in [-0.15, -0.1) is 10.2 Å². The Morgan fingerprint density at radius 2 is 1.49 bits per heavy atom. The number of nitrogens with zero attached hydrogens (tertiary/aromatic N) is 3. The number of carbonyl (C=O) groups is 1. The van der Waals surface area contributed by atoms with Crippen LogP contribution in [0.2, 0.25) is 0 Å². The fourth-order valence-corrected chi connectivity index (χ4v) is 5.76. The highest BCUT2D eigenvalue weighted by Crippen LogP contribution is 2.38. The summed E-state index contributed by atoms with van der Waals surface area (Å²) in [5, 5.41) is 32.2. The van der Waals surface area contributed by atoms with Crippen molar-refractivity contribution in [3.63, 3.8) is 0 Å². The molecule has 7 heteroatoms. The Morgan fingerprint density at radius 1 is 0.897 bits per heavy atom. The Kier molecular flexibility index (Phi) is 10.0. The van der Waals surface area contributed by atoms with Crippen LogP contribution in [0.5, 0.6) is 11.5 Å². The summed E-state index contributed by atoms with van der Waals surface area (Å²) in [5.41, 5.74) is 3.14. The first-order valence-corrected chi connectivity index (χ1v) is 14.7. The van der Waals surface area contributed by atoms with Crippen LogP contribution in [0.1, 0.15) is 112 Å². The molecule has 1 aliphatic carbocycles. The first-order chi connectivity index (χ1) is 18.9. The van der Waals surface area contributed by atoms with Crippen LogP contribution in [-0.2, 0) is 6.42 Å². The van der Waals surface area contributed by atoms with Crippen molar-refractivity contribution in [2.75, 3.05) is 7.05 Å². The molecule has 0 aliphatic heterocycles. The van der Waals surface area contributed by atoms with Crippen molar-refractivity contribution in [3.8, 4) is 28.6 Å². The van der Waals surface area contributed by atoms with Gasteiger partial charge in [0.15, 0.2) is 5.82 Å². The second kappa shape index (κ2) is 13.6. The number of phenols is 2. The normalized spacial score (nSPS) is 16.0. The molecule has 2 aromatic carbocycles. The fourth-order valence-electron chi connectivity index (χ4n) is 5.76. The van der Waals surface area contributed by atoms with E-state index in [1.54, 1.807) is 17.7 Å². The lowest BCUT2D eigenvalue weighted by Gasteiger charge is -2.19. The Hall–Kier alpha value is -3.35. The number of aromatic nitrogens is 3. The van der Waals surface area contributed by atoms with E-state index < -0.39 is 0 Å². The van der Waals surface area contributed by atoms with Crippen LogP contribution in [0.25, 0.3) is 17.1 Å². The minimum absolute atomic E-state index is 0.0277. The predicted molar refractivity (Wildman–Crippen MR) is 156 cm³/mol. The molecule has 0 atom stereocenters. The van der Waals surface area contributed by atoms with Gasteiger partial charge in [0.2, 0.25) is 5.82 Å². The van der Waals surface area contributed by atoms with E-state index in [1.165, 1.54) is 82.3 Å². The maximum Gasteiger partial charge on any atom is 0.289 e. The molecule has 39 heavy (non-hydrogen) atoms. The SMILES string of the molecule is CNC(=O)c1nnc(-c2cc(C(C)C)c(O)cc2O)n1-c1ccc(CC2CCCCCCCCCCC2)cc1. The van der Waals surface area contributed by atoms with E-state index in [4.69, 9.17) is 0 Å². The average Bonchev–Trinajstić information content (AvgIpc) is 3.35. The minimum atomic E-state index is -0.367. The third-order valence-corrected chi connectivity index (χ3v) is 8.04. The molecule has 3 aromatic rings. The van der Waals surface area contributed by atoms with Gasteiger partial charge >= 0.3 is 0 Å². The summed E-state index contributed by atoms with van der Waals surface area (Å²) in [6, 6.07) is 11.3. The maximum atomic E-state index is 12.7. The number of rotatable bonds is 6. The van der Waals surface area contributed by atoms with Gasteiger partial charge < -0.3 is 15.5 Å². The van der Waals surface area contributed by atoms with E-state index in [1.807, 2.05) is 26.0 Å². The summed E-state index contributed by atoms with van der Waals surface area (Å²) in [5.74, 6) is 0.763. The summed E-state index contributed by atoms with van der Waals surface area (Å²) in [6.07, 6.45) is 15.9. The van der Waals surface area contributed by atoms with Crippen molar-refractivity contribution in [1.29, 1.82) is 0 Å². The number of amides is 1. The molecule has 1 saturated carbocycles. The Labute approximate surface area is 232 Å². The van der Waals surface area contributed by atoms with E-state index in [0.717, 1.165) is 12.1 Å². The van der Waals surface area contributed by atoms with Crippen LogP contribution in [0.4, 0.5) is 0 Å². The summed E-state index contributed by atoms with van der Waals surface area (Å²) in [7, 11) is 1.56. The van der Waals surface area contributed by atoms with Crippen molar-refractivity contribution in [1.82, 2.24) is 20.1 Å². The van der Waals surface area contributed by atoms with Gasteiger partial charge in [-0.05, 0) is 47.6 Å². The standard InChI is InChI=1S/C32H44N4O3/c1-22(2)26-20-27(29(38)21-28(26)37)30-34-35-31(32(39)33-3)36(30)25-17-15-24(16-18-25)19-23-13-11-9-7-5-4-6-8-10-12-14-23/h15-18,20-23,37-38H,4-14,19H2,1-3H3,(H,33,39). The molecule has 0 unspecified atom stereocenters. The van der Waals surface area contributed by atoms with Crippen molar-refractivity contribution in [3.05, 3.63) is 53.3 Å². The highest BCUT2D eigenvalue weighted by molar-refractivity contribution is 5.92. The van der Waals surface area contributed by atoms with Crippen LogP contribution in [-0.4, -0.2) is 37.9 Å². The van der Waals surface area contributed by atoms with Gasteiger partial charge in [0.1, 0.15) is 11.5 Å². The predicted octanol–water partition coefficient (Wildman–Crippen LogP) is 7.29. The topological polar surface area (TPSA) is 100 Å². The third kappa shape index (κ3) is 7.20. The monoisotopic (exact) mass is 532 g/mol. The second-order valence-corrected chi connectivity index (χ2v) is 11.3. The smallest absolute Gasteiger partial charge is 0.289 e. The van der Waals surface area contributed by atoms with Gasteiger partial charge in [0.05, 0.1) is 5.56 Å². The van der Waals surface area contributed by atoms with Gasteiger partial charge in [0, 0.05) is 18.8 Å². The van der Waals surface area contributed by atoms with Crippen molar-refractivity contribution in [2.24, 2.45) is 5.92 Å². The second-order valence-electron chi connectivity index (χ2n) is 11.3. The zero-order valence-corrected chi connectivity index (χ0v) is 23.7. The molecule has 0 saturated heterocycles. The first kappa shape index (κ1) is 28.7. The van der Waals surface area contributed by atoms with Gasteiger partial charge in [-0.2, -0.15) is 0 Å². The first-order valence-electron chi connectivity index (χ1n) is 14.7. The Balaban J connectivity index is 1.62.